The van der Waals surface area contributed by atoms with E-state index >= 15 is 0 Å². The molecule has 1 aromatic rings. The first-order valence-corrected chi connectivity index (χ1v) is 8.66. The lowest BCUT2D eigenvalue weighted by Gasteiger charge is -2.32. The molecule has 1 atom stereocenters. The number of hydrogen-bond acceptors (Lipinski definition) is 7. The minimum absolute atomic E-state index is 0. The predicted molar refractivity (Wildman–Crippen MR) is 85.7 cm³/mol. The highest BCUT2D eigenvalue weighted by molar-refractivity contribution is 7.91. The molecular weight excluding hydrogens is 352 g/mol. The van der Waals surface area contributed by atoms with Crippen LogP contribution in [0, 0.1) is 0 Å². The molecule has 1 saturated heterocycles. The van der Waals surface area contributed by atoms with Gasteiger partial charge in [0.15, 0.2) is 9.96 Å². The summed E-state index contributed by atoms with van der Waals surface area (Å²) in [6.45, 7) is 3.42. The highest BCUT2D eigenvalue weighted by Crippen LogP contribution is 2.36. The van der Waals surface area contributed by atoms with Crippen LogP contribution in [0.1, 0.15) is 16.6 Å². The van der Waals surface area contributed by atoms with Crippen molar-refractivity contribution in [3.05, 3.63) is 10.9 Å². The average Bonchev–Trinajstić information content (AvgIpc) is 2.91. The molecule has 2 rings (SSSR count). The molecule has 10 heteroatoms. The third kappa shape index (κ3) is 3.54. The van der Waals surface area contributed by atoms with Gasteiger partial charge in [-0.2, -0.15) is 4.31 Å². The van der Waals surface area contributed by atoms with Gasteiger partial charge in [0.25, 0.3) is 10.0 Å². The monoisotopic (exact) mass is 370 g/mol. The fourth-order valence-corrected chi connectivity index (χ4v) is 5.41. The Bertz CT molecular complexity index is 631. The molecule has 1 unspecified atom stereocenters. The first kappa shape index (κ1) is 19.2. The first-order valence-electron chi connectivity index (χ1n) is 6.40. The van der Waals surface area contributed by atoms with Crippen LogP contribution in [0.2, 0.25) is 0 Å². The second kappa shape index (κ2) is 7.60. The van der Waals surface area contributed by atoms with Gasteiger partial charge >= 0.3 is 5.97 Å². The van der Waals surface area contributed by atoms with Crippen molar-refractivity contribution in [2.24, 2.45) is 0 Å². The fraction of sp³-hybridized carbons (Fsp3) is 0.583. The molecule has 1 fully saturated rings. The minimum Gasteiger partial charge on any atom is -0.494 e. The van der Waals surface area contributed by atoms with Crippen molar-refractivity contribution in [2.75, 3.05) is 33.9 Å². The van der Waals surface area contributed by atoms with Gasteiger partial charge in [0.2, 0.25) is 0 Å². The maximum Gasteiger partial charge on any atom is 0.348 e. The summed E-state index contributed by atoms with van der Waals surface area (Å²) in [5, 5.41) is 3.14. The number of nitrogens with one attached hydrogen (secondary N) is 1. The maximum atomic E-state index is 12.8. The highest BCUT2D eigenvalue weighted by atomic mass is 35.5. The molecule has 1 aliphatic heterocycles. The summed E-state index contributed by atoms with van der Waals surface area (Å²) >= 11 is 0.870. The molecule has 0 amide bonds. The summed E-state index contributed by atoms with van der Waals surface area (Å²) in [7, 11) is -1.07. The van der Waals surface area contributed by atoms with E-state index in [-0.39, 0.29) is 33.3 Å². The summed E-state index contributed by atoms with van der Waals surface area (Å²) in [5.74, 6) is -0.403. The molecule has 0 spiro atoms. The summed E-state index contributed by atoms with van der Waals surface area (Å²) in [4.78, 5) is 11.8. The van der Waals surface area contributed by atoms with E-state index in [0.29, 0.717) is 19.6 Å². The third-order valence-electron chi connectivity index (χ3n) is 3.26. The number of ether oxygens (including phenoxy) is 2. The molecule has 0 bridgehead atoms. The molecule has 22 heavy (non-hydrogen) atoms. The molecule has 1 aliphatic rings. The Hall–Kier alpha value is -0.870. The number of rotatable bonds is 4. The van der Waals surface area contributed by atoms with E-state index in [2.05, 4.69) is 10.1 Å². The minimum atomic E-state index is -3.70. The molecule has 0 aliphatic carbocycles. The second-order valence-electron chi connectivity index (χ2n) is 4.63. The van der Waals surface area contributed by atoms with Gasteiger partial charge in [-0.15, -0.1) is 23.7 Å². The van der Waals surface area contributed by atoms with Crippen molar-refractivity contribution in [1.82, 2.24) is 9.62 Å². The van der Waals surface area contributed by atoms with Crippen LogP contribution >= 0.6 is 23.7 Å². The molecular formula is C12H19ClN2O5S2. The van der Waals surface area contributed by atoms with Crippen LogP contribution in [0.15, 0.2) is 10.3 Å². The van der Waals surface area contributed by atoms with E-state index in [4.69, 9.17) is 4.74 Å². The Balaban J connectivity index is 0.00000242. The lowest BCUT2D eigenvalue weighted by molar-refractivity contribution is 0.0606. The van der Waals surface area contributed by atoms with Crippen LogP contribution in [-0.2, 0) is 14.8 Å². The zero-order valence-corrected chi connectivity index (χ0v) is 14.9. The largest absolute Gasteiger partial charge is 0.494 e. The summed E-state index contributed by atoms with van der Waals surface area (Å²) < 4.78 is 36.8. The van der Waals surface area contributed by atoms with Crippen molar-refractivity contribution in [3.63, 3.8) is 0 Å². The Labute approximate surface area is 140 Å². The van der Waals surface area contributed by atoms with E-state index < -0.39 is 16.0 Å². The molecule has 2 heterocycles. The van der Waals surface area contributed by atoms with E-state index in [1.54, 1.807) is 0 Å². The predicted octanol–water partition coefficient (Wildman–Crippen LogP) is 0.947. The number of thiophene rings is 1. The molecule has 1 aromatic heterocycles. The smallest absolute Gasteiger partial charge is 0.348 e. The highest BCUT2D eigenvalue weighted by Gasteiger charge is 2.35. The van der Waals surface area contributed by atoms with Gasteiger partial charge in [0, 0.05) is 31.7 Å². The Kier molecular flexibility index (Phi) is 6.63. The molecule has 0 saturated carbocycles. The number of halogens is 1. The fourth-order valence-electron chi connectivity index (χ4n) is 2.17. The Morgan fingerprint density at radius 3 is 2.68 bits per heavy atom. The lowest BCUT2D eigenvalue weighted by Crippen LogP contribution is -2.51. The van der Waals surface area contributed by atoms with Gasteiger partial charge in [0.05, 0.1) is 14.2 Å². The number of piperazine rings is 1. The van der Waals surface area contributed by atoms with Crippen LogP contribution in [0.25, 0.3) is 0 Å². The van der Waals surface area contributed by atoms with Gasteiger partial charge in [-0.1, -0.05) is 0 Å². The standard InChI is InChI=1S/C12H18N2O5S2.ClH/c1-8-7-13-4-5-14(8)21(16,17)12-9(18-2)6-10(20-12)11(15)19-3;/h6,8,13H,4-5,7H2,1-3H3;1H. The lowest BCUT2D eigenvalue weighted by atomic mass is 10.3. The van der Waals surface area contributed by atoms with Crippen LogP contribution in [0.5, 0.6) is 5.75 Å². The van der Waals surface area contributed by atoms with E-state index in [1.807, 2.05) is 6.92 Å². The van der Waals surface area contributed by atoms with E-state index in [0.717, 1.165) is 11.3 Å². The van der Waals surface area contributed by atoms with Crippen LogP contribution in [-0.4, -0.2) is 58.6 Å². The molecule has 1 N–H and O–H groups in total. The molecule has 0 radical (unpaired) electrons. The SMILES string of the molecule is COC(=O)c1cc(OC)c(S(=O)(=O)N2CCNCC2C)s1.Cl. The van der Waals surface area contributed by atoms with Gasteiger partial charge in [-0.05, 0) is 6.92 Å². The van der Waals surface area contributed by atoms with Gasteiger partial charge in [0.1, 0.15) is 4.88 Å². The van der Waals surface area contributed by atoms with Gasteiger partial charge in [-0.25, -0.2) is 13.2 Å². The third-order valence-corrected chi connectivity index (χ3v) is 6.86. The van der Waals surface area contributed by atoms with Crippen LogP contribution < -0.4 is 10.1 Å². The first-order chi connectivity index (χ1) is 9.91. The summed E-state index contributed by atoms with van der Waals surface area (Å²) in [6.07, 6.45) is 0. The number of carbonyl (C=O) groups is 1. The average molecular weight is 371 g/mol. The second-order valence-corrected chi connectivity index (χ2v) is 7.76. The van der Waals surface area contributed by atoms with Gasteiger partial charge in [-0.3, -0.25) is 0 Å². The number of nitrogens with zero attached hydrogens (tertiary/aromatic N) is 1. The summed E-state index contributed by atoms with van der Waals surface area (Å²) in [6, 6.07) is 1.24. The Morgan fingerprint density at radius 2 is 2.14 bits per heavy atom. The number of hydrogen-bond donors (Lipinski definition) is 1. The van der Waals surface area contributed by atoms with Gasteiger partial charge < -0.3 is 14.8 Å². The van der Waals surface area contributed by atoms with Crippen LogP contribution in [0.4, 0.5) is 0 Å². The molecule has 7 nitrogen and oxygen atoms in total. The molecule has 0 aromatic carbocycles. The van der Waals surface area contributed by atoms with Crippen molar-refractivity contribution in [3.8, 4) is 5.75 Å². The number of methoxy groups -OCH3 is 2. The van der Waals surface area contributed by atoms with Crippen molar-refractivity contribution >= 4 is 39.7 Å². The van der Waals surface area contributed by atoms with Crippen molar-refractivity contribution < 1.29 is 22.7 Å². The van der Waals surface area contributed by atoms with Crippen molar-refractivity contribution in [1.29, 1.82) is 0 Å². The normalized spacial score (nSPS) is 19.3. The number of esters is 1. The topological polar surface area (TPSA) is 84.9 Å². The quantitative estimate of drug-likeness (QED) is 0.794. The zero-order chi connectivity index (χ0) is 15.6. The maximum absolute atomic E-state index is 12.8. The molecule has 126 valence electrons. The summed E-state index contributed by atoms with van der Waals surface area (Å²) in [5.41, 5.74) is 0. The zero-order valence-electron chi connectivity index (χ0n) is 12.5. The van der Waals surface area contributed by atoms with E-state index in [9.17, 15) is 13.2 Å². The van der Waals surface area contributed by atoms with Crippen molar-refractivity contribution in [2.45, 2.75) is 17.2 Å². The van der Waals surface area contributed by atoms with E-state index in [1.165, 1.54) is 24.6 Å². The number of sulfonamides is 1. The number of carbonyl (C=O) groups excluding carboxylic acids is 1. The Morgan fingerprint density at radius 1 is 1.45 bits per heavy atom. The van der Waals surface area contributed by atoms with Crippen LogP contribution in [0.3, 0.4) is 0 Å².